The van der Waals surface area contributed by atoms with Crippen LogP contribution >= 0.6 is 0 Å². The summed E-state index contributed by atoms with van der Waals surface area (Å²) in [6.45, 7) is 2.68. The number of unbranched alkanes of at least 4 members (excludes halogenated alkanes) is 2. The van der Waals surface area contributed by atoms with Gasteiger partial charge in [0.25, 0.3) is 0 Å². The molecule has 0 unspecified atom stereocenters. The van der Waals surface area contributed by atoms with Crippen molar-refractivity contribution in [1.82, 2.24) is 5.32 Å². The monoisotopic (exact) mass is 250 g/mol. The van der Waals surface area contributed by atoms with E-state index >= 15 is 0 Å². The van der Waals surface area contributed by atoms with Gasteiger partial charge in [0.1, 0.15) is 0 Å². The zero-order valence-corrected chi connectivity index (χ0v) is 10.4. The number of aromatic carboxylic acids is 1. The third-order valence-corrected chi connectivity index (χ3v) is 2.47. The molecule has 0 saturated carbocycles. The van der Waals surface area contributed by atoms with Crippen molar-refractivity contribution >= 4 is 17.7 Å². The van der Waals surface area contributed by atoms with Crippen molar-refractivity contribution in [1.29, 1.82) is 0 Å². The summed E-state index contributed by atoms with van der Waals surface area (Å²) in [4.78, 5) is 22.5. The summed E-state index contributed by atoms with van der Waals surface area (Å²) in [7, 11) is 0. The number of anilines is 1. The van der Waals surface area contributed by atoms with Crippen molar-refractivity contribution in [3.05, 3.63) is 29.8 Å². The van der Waals surface area contributed by atoms with Gasteiger partial charge in [0.15, 0.2) is 0 Å². The van der Waals surface area contributed by atoms with Gasteiger partial charge in [0.2, 0.25) is 0 Å². The average molecular weight is 250 g/mol. The molecular weight excluding hydrogens is 232 g/mol. The second-order valence-corrected chi connectivity index (χ2v) is 3.94. The topological polar surface area (TPSA) is 78.4 Å². The number of nitrogens with one attached hydrogen (secondary N) is 2. The normalized spacial score (nSPS) is 9.83. The largest absolute Gasteiger partial charge is 0.478 e. The first-order chi connectivity index (χ1) is 8.65. The molecule has 0 fully saturated rings. The van der Waals surface area contributed by atoms with Crippen LogP contribution in [0.5, 0.6) is 0 Å². The Bertz CT molecular complexity index is 418. The molecule has 1 aromatic rings. The Hall–Kier alpha value is -2.04. The van der Waals surface area contributed by atoms with E-state index in [2.05, 4.69) is 17.6 Å². The van der Waals surface area contributed by atoms with Gasteiger partial charge in [-0.25, -0.2) is 9.59 Å². The molecular formula is C13H18N2O3. The molecule has 5 heteroatoms. The summed E-state index contributed by atoms with van der Waals surface area (Å²) in [6.07, 6.45) is 3.07. The molecule has 0 aliphatic rings. The molecule has 0 bridgehead atoms. The maximum atomic E-state index is 11.5. The zero-order valence-electron chi connectivity index (χ0n) is 10.4. The first-order valence-corrected chi connectivity index (χ1v) is 6.02. The van der Waals surface area contributed by atoms with E-state index < -0.39 is 5.97 Å². The number of carbonyl (C=O) groups excluding carboxylic acids is 1. The Labute approximate surface area is 106 Å². The summed E-state index contributed by atoms with van der Waals surface area (Å²) in [5.41, 5.74) is 0.388. The summed E-state index contributed by atoms with van der Waals surface area (Å²) >= 11 is 0. The minimum Gasteiger partial charge on any atom is -0.478 e. The lowest BCUT2D eigenvalue weighted by atomic mass is 10.2. The molecule has 5 nitrogen and oxygen atoms in total. The number of carboxylic acid groups (broad SMARTS) is 1. The summed E-state index contributed by atoms with van der Waals surface area (Å²) < 4.78 is 0. The lowest BCUT2D eigenvalue weighted by Gasteiger charge is -2.09. The maximum Gasteiger partial charge on any atom is 0.337 e. The van der Waals surface area contributed by atoms with E-state index in [1.165, 1.54) is 6.07 Å². The van der Waals surface area contributed by atoms with Crippen molar-refractivity contribution in [3.8, 4) is 0 Å². The maximum absolute atomic E-state index is 11.5. The van der Waals surface area contributed by atoms with Crippen molar-refractivity contribution < 1.29 is 14.7 Å². The highest BCUT2D eigenvalue weighted by molar-refractivity contribution is 5.99. The quantitative estimate of drug-likeness (QED) is 0.679. The Morgan fingerprint density at radius 2 is 1.94 bits per heavy atom. The van der Waals surface area contributed by atoms with E-state index in [1.54, 1.807) is 18.2 Å². The molecule has 0 aliphatic heterocycles. The van der Waals surface area contributed by atoms with Crippen molar-refractivity contribution in [2.75, 3.05) is 11.9 Å². The fourth-order valence-corrected chi connectivity index (χ4v) is 1.52. The predicted octanol–water partition coefficient (Wildman–Crippen LogP) is 2.70. The molecule has 0 aliphatic carbocycles. The number of hydrogen-bond acceptors (Lipinski definition) is 2. The van der Waals surface area contributed by atoms with Crippen LogP contribution in [0.25, 0.3) is 0 Å². The third-order valence-electron chi connectivity index (χ3n) is 2.47. The minimum absolute atomic E-state index is 0.0845. The van der Waals surface area contributed by atoms with Crippen LogP contribution in [0.2, 0.25) is 0 Å². The fourth-order valence-electron chi connectivity index (χ4n) is 1.52. The van der Waals surface area contributed by atoms with E-state index in [1.807, 2.05) is 0 Å². The van der Waals surface area contributed by atoms with E-state index in [0.717, 1.165) is 19.3 Å². The molecule has 1 aromatic carbocycles. The van der Waals surface area contributed by atoms with Gasteiger partial charge < -0.3 is 15.7 Å². The lowest BCUT2D eigenvalue weighted by molar-refractivity contribution is 0.0698. The average Bonchev–Trinajstić information content (AvgIpc) is 2.35. The highest BCUT2D eigenvalue weighted by Gasteiger charge is 2.10. The molecule has 0 saturated heterocycles. The predicted molar refractivity (Wildman–Crippen MR) is 69.9 cm³/mol. The number of hydrogen-bond donors (Lipinski definition) is 3. The van der Waals surface area contributed by atoms with Gasteiger partial charge in [-0.2, -0.15) is 0 Å². The van der Waals surface area contributed by atoms with Crippen LogP contribution in [-0.4, -0.2) is 23.7 Å². The van der Waals surface area contributed by atoms with Gasteiger partial charge in [0.05, 0.1) is 11.3 Å². The summed E-state index contributed by atoms with van der Waals surface area (Å²) in [5, 5.41) is 14.2. The van der Waals surface area contributed by atoms with E-state index in [0.29, 0.717) is 12.2 Å². The number of amides is 2. The minimum atomic E-state index is -1.06. The SMILES string of the molecule is CCCCCNC(=O)Nc1ccccc1C(=O)O. The molecule has 3 N–H and O–H groups in total. The molecule has 0 radical (unpaired) electrons. The highest BCUT2D eigenvalue weighted by atomic mass is 16.4. The number of benzene rings is 1. The second-order valence-electron chi connectivity index (χ2n) is 3.94. The van der Waals surface area contributed by atoms with Crippen molar-refractivity contribution in [2.24, 2.45) is 0 Å². The lowest BCUT2D eigenvalue weighted by Crippen LogP contribution is -2.30. The molecule has 0 aromatic heterocycles. The number of carbonyl (C=O) groups is 2. The Morgan fingerprint density at radius 3 is 2.61 bits per heavy atom. The van der Waals surface area contributed by atoms with E-state index in [9.17, 15) is 9.59 Å². The number of para-hydroxylation sites is 1. The van der Waals surface area contributed by atoms with Crippen LogP contribution in [0, 0.1) is 0 Å². The van der Waals surface area contributed by atoms with Crippen LogP contribution < -0.4 is 10.6 Å². The van der Waals surface area contributed by atoms with Gasteiger partial charge in [-0.15, -0.1) is 0 Å². The first-order valence-electron chi connectivity index (χ1n) is 6.02. The van der Waals surface area contributed by atoms with E-state index in [-0.39, 0.29) is 11.6 Å². The zero-order chi connectivity index (χ0) is 13.4. The molecule has 0 heterocycles. The standard InChI is InChI=1S/C13H18N2O3/c1-2-3-6-9-14-13(18)15-11-8-5-4-7-10(11)12(16)17/h4-5,7-8H,2-3,6,9H2,1H3,(H,16,17)(H2,14,15,18). The molecule has 1 rings (SSSR count). The summed E-state index contributed by atoms with van der Waals surface area (Å²) in [5.74, 6) is -1.06. The van der Waals surface area contributed by atoms with Crippen LogP contribution in [-0.2, 0) is 0 Å². The van der Waals surface area contributed by atoms with Crippen LogP contribution in [0.4, 0.5) is 10.5 Å². The Kier molecular flexibility index (Phi) is 5.70. The smallest absolute Gasteiger partial charge is 0.337 e. The number of carboxylic acids is 1. The molecule has 0 spiro atoms. The number of urea groups is 1. The molecule has 98 valence electrons. The number of rotatable bonds is 6. The molecule has 2 amide bonds. The second kappa shape index (κ2) is 7.32. The fraction of sp³-hybridized carbons (Fsp3) is 0.385. The Morgan fingerprint density at radius 1 is 1.22 bits per heavy atom. The highest BCUT2D eigenvalue weighted by Crippen LogP contribution is 2.14. The van der Waals surface area contributed by atoms with Gasteiger partial charge in [-0.3, -0.25) is 0 Å². The van der Waals surface area contributed by atoms with Crippen LogP contribution in [0.1, 0.15) is 36.5 Å². The molecule has 0 atom stereocenters. The first kappa shape index (κ1) is 14.0. The van der Waals surface area contributed by atoms with Gasteiger partial charge >= 0.3 is 12.0 Å². The van der Waals surface area contributed by atoms with Gasteiger partial charge in [-0.1, -0.05) is 31.9 Å². The Balaban J connectivity index is 2.51. The van der Waals surface area contributed by atoms with Gasteiger partial charge in [-0.05, 0) is 18.6 Å². The van der Waals surface area contributed by atoms with Gasteiger partial charge in [0, 0.05) is 6.54 Å². The van der Waals surface area contributed by atoms with Crippen molar-refractivity contribution in [3.63, 3.8) is 0 Å². The van der Waals surface area contributed by atoms with Crippen molar-refractivity contribution in [2.45, 2.75) is 26.2 Å². The summed E-state index contributed by atoms with van der Waals surface area (Å²) in [6, 6.07) is 5.94. The van der Waals surface area contributed by atoms with Crippen LogP contribution in [0.15, 0.2) is 24.3 Å². The van der Waals surface area contributed by atoms with Crippen LogP contribution in [0.3, 0.4) is 0 Å². The third kappa shape index (κ3) is 4.45. The van der Waals surface area contributed by atoms with E-state index in [4.69, 9.17) is 5.11 Å². The molecule has 18 heavy (non-hydrogen) atoms.